The molecule has 0 N–H and O–H groups in total. The molecule has 0 spiro atoms. The Morgan fingerprint density at radius 3 is 2.52 bits per heavy atom. The third-order valence-corrected chi connectivity index (χ3v) is 7.31. The molecule has 0 aromatic carbocycles. The molecule has 0 aromatic rings. The summed E-state index contributed by atoms with van der Waals surface area (Å²) >= 11 is 0. The third-order valence-electron chi connectivity index (χ3n) is 5.31. The zero-order valence-electron chi connectivity index (χ0n) is 14.3. The van der Waals surface area contributed by atoms with Gasteiger partial charge in [-0.1, -0.05) is 6.92 Å². The number of hydrogen-bond donors (Lipinski definition) is 0. The van der Waals surface area contributed by atoms with Crippen LogP contribution in [0, 0.1) is 5.92 Å². The molecule has 0 unspecified atom stereocenters. The molecule has 3 aliphatic rings. The van der Waals surface area contributed by atoms with E-state index in [0.717, 1.165) is 58.3 Å². The monoisotopic (exact) mass is 345 g/mol. The van der Waals surface area contributed by atoms with Crippen LogP contribution in [-0.4, -0.2) is 80.5 Å². The normalized spacial score (nSPS) is 32.9. The van der Waals surface area contributed by atoms with Crippen molar-refractivity contribution >= 4 is 10.2 Å². The minimum absolute atomic E-state index is 0.348. The molecule has 0 aliphatic carbocycles. The van der Waals surface area contributed by atoms with Gasteiger partial charge in [0, 0.05) is 45.9 Å². The quantitative estimate of drug-likeness (QED) is 0.767. The van der Waals surface area contributed by atoms with Gasteiger partial charge in [0.2, 0.25) is 0 Å². The largest absolute Gasteiger partial charge is 0.377 e. The molecule has 3 rings (SSSR count). The van der Waals surface area contributed by atoms with E-state index in [4.69, 9.17) is 4.74 Å². The lowest BCUT2D eigenvalue weighted by molar-refractivity contribution is 0.0749. The molecule has 2 atom stereocenters. The van der Waals surface area contributed by atoms with Crippen molar-refractivity contribution in [3.8, 4) is 0 Å². The van der Waals surface area contributed by atoms with Gasteiger partial charge in [-0.15, -0.1) is 0 Å². The lowest BCUT2D eigenvalue weighted by atomic mass is 10.0. The molecule has 3 saturated heterocycles. The highest BCUT2D eigenvalue weighted by Gasteiger charge is 2.33. The fourth-order valence-electron chi connectivity index (χ4n) is 3.96. The minimum atomic E-state index is -3.28. The van der Waals surface area contributed by atoms with E-state index in [0.29, 0.717) is 38.2 Å². The van der Waals surface area contributed by atoms with Crippen molar-refractivity contribution < 1.29 is 13.2 Å². The Labute approximate surface area is 140 Å². The van der Waals surface area contributed by atoms with E-state index in [1.54, 1.807) is 8.61 Å². The van der Waals surface area contributed by atoms with Crippen LogP contribution in [0.15, 0.2) is 0 Å². The maximum atomic E-state index is 12.9. The second kappa shape index (κ2) is 7.78. The van der Waals surface area contributed by atoms with Gasteiger partial charge in [-0.25, -0.2) is 0 Å². The molecule has 3 fully saturated rings. The second-order valence-electron chi connectivity index (χ2n) is 7.30. The molecule has 3 aliphatic heterocycles. The average molecular weight is 346 g/mol. The molecule has 0 amide bonds. The van der Waals surface area contributed by atoms with Crippen LogP contribution < -0.4 is 0 Å². The van der Waals surface area contributed by atoms with Crippen molar-refractivity contribution in [2.24, 2.45) is 5.92 Å². The summed E-state index contributed by atoms with van der Waals surface area (Å²) in [7, 11) is -3.28. The molecular formula is C16H31N3O3S. The topological polar surface area (TPSA) is 53.1 Å². The van der Waals surface area contributed by atoms with Gasteiger partial charge < -0.3 is 4.74 Å². The van der Waals surface area contributed by atoms with Crippen LogP contribution in [-0.2, 0) is 14.9 Å². The highest BCUT2D eigenvalue weighted by Crippen LogP contribution is 2.22. The first-order valence-corrected chi connectivity index (χ1v) is 10.5. The second-order valence-corrected chi connectivity index (χ2v) is 9.23. The summed E-state index contributed by atoms with van der Waals surface area (Å²) in [5, 5.41) is 0. The van der Waals surface area contributed by atoms with Crippen molar-refractivity contribution in [2.45, 2.75) is 45.1 Å². The molecular weight excluding hydrogens is 314 g/mol. The van der Waals surface area contributed by atoms with Gasteiger partial charge in [0.05, 0.1) is 6.10 Å². The predicted octanol–water partition coefficient (Wildman–Crippen LogP) is 1.15. The Bertz CT molecular complexity index is 479. The van der Waals surface area contributed by atoms with Gasteiger partial charge in [0.15, 0.2) is 0 Å². The summed E-state index contributed by atoms with van der Waals surface area (Å²) in [4.78, 5) is 2.38. The van der Waals surface area contributed by atoms with Gasteiger partial charge in [-0.2, -0.15) is 17.0 Å². The Morgan fingerprint density at radius 2 is 1.78 bits per heavy atom. The molecule has 0 saturated carbocycles. The Morgan fingerprint density at radius 1 is 0.957 bits per heavy atom. The number of ether oxygens (including phenoxy) is 1. The Balaban J connectivity index is 1.55. The van der Waals surface area contributed by atoms with E-state index in [1.807, 2.05) is 0 Å². The predicted molar refractivity (Wildman–Crippen MR) is 90.5 cm³/mol. The van der Waals surface area contributed by atoms with Gasteiger partial charge >= 0.3 is 0 Å². The number of rotatable bonds is 4. The van der Waals surface area contributed by atoms with Gasteiger partial charge in [-0.05, 0) is 44.6 Å². The van der Waals surface area contributed by atoms with Crippen molar-refractivity contribution in [1.29, 1.82) is 0 Å². The maximum absolute atomic E-state index is 12.9. The fourth-order valence-corrected chi connectivity index (χ4v) is 5.76. The fraction of sp³-hybridized carbons (Fsp3) is 1.00. The van der Waals surface area contributed by atoms with Crippen LogP contribution in [0.4, 0.5) is 0 Å². The standard InChI is InChI=1S/C16H31N3O3S/c1-15-5-2-8-19(13-15)23(20,21)18-9-4-7-17(10-11-18)14-16-6-3-12-22-16/h15-16H,2-14H2,1H3/t15-,16+/m1/s1. The summed E-state index contributed by atoms with van der Waals surface area (Å²) in [5.41, 5.74) is 0. The maximum Gasteiger partial charge on any atom is 0.282 e. The Hall–Kier alpha value is -0.210. The van der Waals surface area contributed by atoms with Crippen molar-refractivity contribution in [1.82, 2.24) is 13.5 Å². The lowest BCUT2D eigenvalue weighted by Crippen LogP contribution is -2.48. The van der Waals surface area contributed by atoms with Crippen LogP contribution in [0.1, 0.15) is 39.0 Å². The smallest absolute Gasteiger partial charge is 0.282 e. The zero-order chi connectivity index (χ0) is 16.3. The van der Waals surface area contributed by atoms with E-state index < -0.39 is 10.2 Å². The van der Waals surface area contributed by atoms with E-state index >= 15 is 0 Å². The SMILES string of the molecule is C[C@@H]1CCCN(S(=O)(=O)N2CCCN(C[C@@H]3CCCO3)CC2)C1. The first kappa shape index (κ1) is 17.6. The third kappa shape index (κ3) is 4.45. The minimum Gasteiger partial charge on any atom is -0.377 e. The number of nitrogens with zero attached hydrogens (tertiary/aromatic N) is 3. The average Bonchev–Trinajstić information content (AvgIpc) is 2.91. The molecule has 134 valence electrons. The number of piperidine rings is 1. The van der Waals surface area contributed by atoms with Crippen LogP contribution >= 0.6 is 0 Å². The van der Waals surface area contributed by atoms with Crippen LogP contribution in [0.25, 0.3) is 0 Å². The van der Waals surface area contributed by atoms with Gasteiger partial charge in [-0.3, -0.25) is 4.90 Å². The zero-order valence-corrected chi connectivity index (χ0v) is 15.1. The number of hydrogen-bond acceptors (Lipinski definition) is 4. The van der Waals surface area contributed by atoms with E-state index in [9.17, 15) is 8.42 Å². The van der Waals surface area contributed by atoms with E-state index in [-0.39, 0.29) is 0 Å². The van der Waals surface area contributed by atoms with Crippen LogP contribution in [0.3, 0.4) is 0 Å². The summed E-state index contributed by atoms with van der Waals surface area (Å²) in [6.07, 6.45) is 5.69. The van der Waals surface area contributed by atoms with Crippen LogP contribution in [0.2, 0.25) is 0 Å². The molecule has 0 aromatic heterocycles. The molecule has 3 heterocycles. The molecule has 7 heteroatoms. The lowest BCUT2D eigenvalue weighted by Gasteiger charge is -2.34. The van der Waals surface area contributed by atoms with Crippen molar-refractivity contribution in [3.63, 3.8) is 0 Å². The summed E-state index contributed by atoms with van der Waals surface area (Å²) in [6, 6.07) is 0. The molecule has 0 radical (unpaired) electrons. The van der Waals surface area contributed by atoms with Gasteiger partial charge in [0.1, 0.15) is 0 Å². The molecule has 0 bridgehead atoms. The summed E-state index contributed by atoms with van der Waals surface area (Å²) in [6.45, 7) is 8.40. The van der Waals surface area contributed by atoms with Gasteiger partial charge in [0.25, 0.3) is 10.2 Å². The molecule has 23 heavy (non-hydrogen) atoms. The highest BCUT2D eigenvalue weighted by atomic mass is 32.2. The highest BCUT2D eigenvalue weighted by molar-refractivity contribution is 7.86. The first-order chi connectivity index (χ1) is 11.1. The van der Waals surface area contributed by atoms with Crippen LogP contribution in [0.5, 0.6) is 0 Å². The van der Waals surface area contributed by atoms with E-state index in [1.165, 1.54) is 0 Å². The first-order valence-electron chi connectivity index (χ1n) is 9.15. The summed E-state index contributed by atoms with van der Waals surface area (Å²) < 4.78 is 34.9. The molecule has 6 nitrogen and oxygen atoms in total. The Kier molecular flexibility index (Phi) is 5.96. The summed E-state index contributed by atoms with van der Waals surface area (Å²) in [5.74, 6) is 0.474. The van der Waals surface area contributed by atoms with Crippen molar-refractivity contribution in [2.75, 3.05) is 52.4 Å². The van der Waals surface area contributed by atoms with E-state index in [2.05, 4.69) is 11.8 Å². The van der Waals surface area contributed by atoms with Crippen molar-refractivity contribution in [3.05, 3.63) is 0 Å².